The smallest absolute Gasteiger partial charge is 0.128 e. The number of allylic oxidation sites excluding steroid dienone is 2. The maximum atomic E-state index is 9.74. The second-order valence-corrected chi connectivity index (χ2v) is 10.8. The molecule has 2 aromatic heterocycles. The molecule has 6 nitrogen and oxygen atoms in total. The van der Waals surface area contributed by atoms with Crippen molar-refractivity contribution in [3.63, 3.8) is 0 Å². The van der Waals surface area contributed by atoms with Crippen molar-refractivity contribution < 1.29 is 0 Å². The molecule has 7 heteroatoms. The average Bonchev–Trinajstić information content (AvgIpc) is 3.47. The second-order valence-electron chi connectivity index (χ2n) is 9.68. The third kappa shape index (κ3) is 6.04. The summed E-state index contributed by atoms with van der Waals surface area (Å²) >= 11 is 1.53. The van der Waals surface area contributed by atoms with E-state index in [2.05, 4.69) is 36.8 Å². The van der Waals surface area contributed by atoms with Crippen molar-refractivity contribution in [3.05, 3.63) is 45.4 Å². The Morgan fingerprint density at radius 3 is 2.75 bits per heavy atom. The summed E-state index contributed by atoms with van der Waals surface area (Å²) in [5, 5.41) is 19.6. The first kappa shape index (κ1) is 28.0. The van der Waals surface area contributed by atoms with Crippen molar-refractivity contribution in [1.82, 2.24) is 14.9 Å². The topological polar surface area (TPSA) is 103 Å². The minimum Gasteiger partial charge on any atom is -0.389 e. The third-order valence-corrected chi connectivity index (χ3v) is 8.59. The molecule has 2 atom stereocenters. The number of anilines is 1. The fraction of sp³-hybridized carbons (Fsp3) is 0.586. The van der Waals surface area contributed by atoms with Crippen LogP contribution in [0.15, 0.2) is 17.8 Å². The van der Waals surface area contributed by atoms with Crippen LogP contribution in [-0.4, -0.2) is 40.2 Å². The van der Waals surface area contributed by atoms with Gasteiger partial charge in [-0.05, 0) is 88.2 Å². The number of nitrogens with two attached hydrogens (primary N) is 1. The molecule has 1 aliphatic carbocycles. The standard InChI is InChI=1S/C27H36N6S.C2H6/c1-4-7-19(26(29)20-9-5-10-23-25(20)21(16-28)27(30)34-23)17(2)22-13-14-31-24(32-22)12-11-18-8-6-15-33(18)3;1-2/h13-14,18,20,29H,4-12,15,30H2,1-3H3;1-2H3/b19-17+,29-26?;/t18-,20-;/m0./s1. The minimum absolute atomic E-state index is 0.0670. The molecule has 0 amide bonds. The van der Waals surface area contributed by atoms with E-state index < -0.39 is 0 Å². The molecular formula is C29H42N6S. The Kier molecular flexibility index (Phi) is 10.2. The van der Waals surface area contributed by atoms with Crippen LogP contribution in [0, 0.1) is 16.7 Å². The van der Waals surface area contributed by atoms with Gasteiger partial charge in [-0.3, -0.25) is 0 Å². The van der Waals surface area contributed by atoms with Crippen LogP contribution in [0.5, 0.6) is 0 Å². The lowest BCUT2D eigenvalue weighted by molar-refractivity contribution is 0.295. The highest BCUT2D eigenvalue weighted by Crippen LogP contribution is 2.44. The monoisotopic (exact) mass is 506 g/mol. The van der Waals surface area contributed by atoms with Crippen molar-refractivity contribution in [2.24, 2.45) is 0 Å². The maximum Gasteiger partial charge on any atom is 0.128 e. The maximum absolute atomic E-state index is 9.74. The highest BCUT2D eigenvalue weighted by atomic mass is 32.1. The molecule has 2 aliphatic rings. The highest BCUT2D eigenvalue weighted by molar-refractivity contribution is 7.16. The molecule has 0 bridgehead atoms. The van der Waals surface area contributed by atoms with Gasteiger partial charge in [0.1, 0.15) is 16.9 Å². The van der Waals surface area contributed by atoms with Gasteiger partial charge in [-0.15, -0.1) is 11.3 Å². The molecule has 3 N–H and O–H groups in total. The largest absolute Gasteiger partial charge is 0.389 e. The minimum atomic E-state index is -0.0670. The molecule has 0 spiro atoms. The van der Waals surface area contributed by atoms with Crippen LogP contribution in [0.2, 0.25) is 0 Å². The zero-order valence-corrected chi connectivity index (χ0v) is 23.5. The first-order chi connectivity index (χ1) is 17.4. The van der Waals surface area contributed by atoms with E-state index in [1.807, 2.05) is 26.1 Å². The lowest BCUT2D eigenvalue weighted by Gasteiger charge is -2.26. The van der Waals surface area contributed by atoms with Gasteiger partial charge in [0.25, 0.3) is 0 Å². The van der Waals surface area contributed by atoms with E-state index in [0.717, 1.165) is 73.2 Å². The van der Waals surface area contributed by atoms with Crippen LogP contribution in [-0.2, 0) is 12.8 Å². The number of nitrogens with one attached hydrogen (secondary N) is 1. The van der Waals surface area contributed by atoms with E-state index in [1.165, 1.54) is 35.6 Å². The van der Waals surface area contributed by atoms with Crippen LogP contribution in [0.4, 0.5) is 5.00 Å². The molecule has 0 unspecified atom stereocenters. The van der Waals surface area contributed by atoms with Crippen molar-refractivity contribution >= 4 is 27.6 Å². The third-order valence-electron chi connectivity index (χ3n) is 7.49. The quantitative estimate of drug-likeness (QED) is 0.385. The predicted octanol–water partition coefficient (Wildman–Crippen LogP) is 6.76. The fourth-order valence-corrected chi connectivity index (χ4v) is 6.71. The first-order valence-electron chi connectivity index (χ1n) is 13.6. The number of hydrogen-bond acceptors (Lipinski definition) is 7. The molecule has 1 aliphatic heterocycles. The van der Waals surface area contributed by atoms with Crippen LogP contribution in [0.1, 0.15) is 106 Å². The molecule has 0 aromatic carbocycles. The van der Waals surface area contributed by atoms with Gasteiger partial charge in [0.05, 0.1) is 11.3 Å². The molecule has 1 saturated heterocycles. The summed E-state index contributed by atoms with van der Waals surface area (Å²) in [7, 11) is 2.21. The van der Waals surface area contributed by atoms with E-state index in [-0.39, 0.29) is 5.92 Å². The highest BCUT2D eigenvalue weighted by Gasteiger charge is 2.32. The van der Waals surface area contributed by atoms with Crippen molar-refractivity contribution in [2.75, 3.05) is 19.3 Å². The molecule has 1 fully saturated rings. The number of aromatic nitrogens is 2. The van der Waals surface area contributed by atoms with E-state index in [1.54, 1.807) is 0 Å². The summed E-state index contributed by atoms with van der Waals surface area (Å²) < 4.78 is 0. The van der Waals surface area contributed by atoms with Crippen LogP contribution in [0.3, 0.4) is 0 Å². The molecule has 0 saturated carbocycles. The molecule has 2 aromatic rings. The number of hydrogen-bond donors (Lipinski definition) is 2. The number of aryl methyl sites for hydroxylation is 2. The number of thiophene rings is 1. The van der Waals surface area contributed by atoms with Gasteiger partial charge < -0.3 is 16.0 Å². The summed E-state index contributed by atoms with van der Waals surface area (Å²) in [4.78, 5) is 13.1. The van der Waals surface area contributed by atoms with Gasteiger partial charge in [0.15, 0.2) is 0 Å². The molecule has 4 rings (SSSR count). The van der Waals surface area contributed by atoms with Crippen molar-refractivity contribution in [3.8, 4) is 6.07 Å². The van der Waals surface area contributed by atoms with E-state index >= 15 is 0 Å². The van der Waals surface area contributed by atoms with Crippen molar-refractivity contribution in [2.45, 2.75) is 97.4 Å². The Hall–Kier alpha value is -2.56. The Balaban J connectivity index is 0.00000176. The zero-order chi connectivity index (χ0) is 26.2. The van der Waals surface area contributed by atoms with Gasteiger partial charge in [0.2, 0.25) is 0 Å². The average molecular weight is 507 g/mol. The first-order valence-corrected chi connectivity index (χ1v) is 14.4. The molecule has 3 heterocycles. The summed E-state index contributed by atoms with van der Waals surface area (Å²) in [6.45, 7) is 9.43. The van der Waals surface area contributed by atoms with E-state index in [0.29, 0.717) is 22.3 Å². The molecule has 194 valence electrons. The van der Waals surface area contributed by atoms with E-state index in [4.69, 9.17) is 10.7 Å². The van der Waals surface area contributed by atoms with Crippen molar-refractivity contribution in [1.29, 1.82) is 10.7 Å². The summed E-state index contributed by atoms with van der Waals surface area (Å²) in [5.74, 6) is 0.819. The van der Waals surface area contributed by atoms with Crippen LogP contribution >= 0.6 is 11.3 Å². The lowest BCUT2D eigenvalue weighted by atomic mass is 9.78. The summed E-state index contributed by atoms with van der Waals surface area (Å²) in [6, 6.07) is 4.91. The van der Waals surface area contributed by atoms with Gasteiger partial charge in [-0.25, -0.2) is 9.97 Å². The number of rotatable bonds is 8. The Morgan fingerprint density at radius 1 is 1.31 bits per heavy atom. The van der Waals surface area contributed by atoms with E-state index in [9.17, 15) is 10.7 Å². The molecular weight excluding hydrogens is 464 g/mol. The molecule has 0 radical (unpaired) electrons. The molecule has 36 heavy (non-hydrogen) atoms. The number of nitrogens with zero attached hydrogens (tertiary/aromatic N) is 4. The van der Waals surface area contributed by atoms with Gasteiger partial charge >= 0.3 is 0 Å². The van der Waals surface area contributed by atoms with Gasteiger partial charge in [-0.1, -0.05) is 27.2 Å². The normalized spacial score (nSPS) is 20.1. The fourth-order valence-electron chi connectivity index (χ4n) is 5.59. The predicted molar refractivity (Wildman–Crippen MR) is 152 cm³/mol. The summed E-state index contributed by atoms with van der Waals surface area (Å²) in [5.41, 5.74) is 11.4. The Labute approximate surface area is 221 Å². The number of likely N-dealkylation sites (tertiary alicyclic amines) is 1. The Bertz CT molecular complexity index is 1130. The summed E-state index contributed by atoms with van der Waals surface area (Å²) in [6.07, 6.45) is 11.0. The lowest BCUT2D eigenvalue weighted by Crippen LogP contribution is -2.25. The van der Waals surface area contributed by atoms with Crippen LogP contribution < -0.4 is 5.73 Å². The zero-order valence-electron chi connectivity index (χ0n) is 22.7. The second kappa shape index (κ2) is 13.1. The number of nitrogen functional groups attached to an aromatic ring is 1. The Morgan fingerprint density at radius 2 is 2.08 bits per heavy atom. The number of fused-ring (bicyclic) bond motifs is 1. The van der Waals surface area contributed by atoms with Crippen LogP contribution in [0.25, 0.3) is 5.57 Å². The SMILES string of the molecule is CC.CCC/C(C(=N)[C@H]1CCCc2sc(N)c(C#N)c21)=C(/C)c1ccnc(CC[C@@H]2CCCN2C)n1. The van der Waals surface area contributed by atoms with Gasteiger partial charge in [0, 0.05) is 35.2 Å². The van der Waals surface area contributed by atoms with Gasteiger partial charge in [-0.2, -0.15) is 5.26 Å². The number of nitriles is 1.